The van der Waals surface area contributed by atoms with Crippen molar-refractivity contribution >= 4 is 6.09 Å². The summed E-state index contributed by atoms with van der Waals surface area (Å²) in [5.41, 5.74) is 4.42. The molecule has 3 rings (SSSR count). The van der Waals surface area contributed by atoms with E-state index in [-0.39, 0.29) is 0 Å². The molecule has 0 spiro atoms. The number of carbonyl (C=O) groups is 1. The summed E-state index contributed by atoms with van der Waals surface area (Å²) in [7, 11) is 1.62. The molecule has 0 fully saturated rings. The van der Waals surface area contributed by atoms with Crippen LogP contribution in [0.1, 0.15) is 19.4 Å². The Balaban J connectivity index is 2.16. The van der Waals surface area contributed by atoms with Crippen LogP contribution in [0.5, 0.6) is 5.75 Å². The summed E-state index contributed by atoms with van der Waals surface area (Å²) in [6.45, 7) is 4.17. The number of methoxy groups -OCH3 is 1. The van der Waals surface area contributed by atoms with Crippen LogP contribution in [0.3, 0.4) is 0 Å². The van der Waals surface area contributed by atoms with Crippen molar-refractivity contribution in [3.8, 4) is 28.3 Å². The maximum absolute atomic E-state index is 12.5. The third-order valence-corrected chi connectivity index (χ3v) is 4.19. The van der Waals surface area contributed by atoms with E-state index in [1.54, 1.807) is 14.0 Å². The number of benzene rings is 2. The standard InChI is InChI=1S/C21H22N2O3/c1-4-15-9-6-7-12-18(15)20-14-19(22-23(20)21(24)26-5-2)16-10-8-11-17(13-16)25-3/h6-14H,4-5H2,1-3H3. The van der Waals surface area contributed by atoms with Crippen molar-refractivity contribution in [2.45, 2.75) is 20.3 Å². The van der Waals surface area contributed by atoms with Crippen LogP contribution >= 0.6 is 0 Å². The fraction of sp³-hybridized carbons (Fsp3) is 0.238. The molecule has 0 aliphatic rings. The molecule has 5 heteroatoms. The van der Waals surface area contributed by atoms with Crippen LogP contribution in [0.2, 0.25) is 0 Å². The fourth-order valence-electron chi connectivity index (χ4n) is 2.90. The zero-order chi connectivity index (χ0) is 18.5. The van der Waals surface area contributed by atoms with E-state index in [0.29, 0.717) is 12.3 Å². The lowest BCUT2D eigenvalue weighted by atomic mass is 10.0. The predicted octanol–water partition coefficient (Wildman–Crippen LogP) is 4.79. The molecule has 5 nitrogen and oxygen atoms in total. The number of hydrogen-bond donors (Lipinski definition) is 0. The second-order valence-corrected chi connectivity index (χ2v) is 5.77. The van der Waals surface area contributed by atoms with Crippen LogP contribution in [0.4, 0.5) is 4.79 Å². The van der Waals surface area contributed by atoms with Gasteiger partial charge >= 0.3 is 6.09 Å². The number of rotatable bonds is 5. The largest absolute Gasteiger partial charge is 0.497 e. The summed E-state index contributed by atoms with van der Waals surface area (Å²) in [6.07, 6.45) is 0.376. The number of carbonyl (C=O) groups excluding carboxylic acids is 1. The Bertz CT molecular complexity index is 915. The first-order chi connectivity index (χ1) is 12.7. The van der Waals surface area contributed by atoms with Gasteiger partial charge in [0.2, 0.25) is 0 Å². The van der Waals surface area contributed by atoms with Gasteiger partial charge in [0.15, 0.2) is 0 Å². The highest BCUT2D eigenvalue weighted by Gasteiger charge is 2.19. The van der Waals surface area contributed by atoms with Crippen LogP contribution in [-0.4, -0.2) is 29.6 Å². The normalized spacial score (nSPS) is 10.6. The minimum atomic E-state index is -0.484. The van der Waals surface area contributed by atoms with Gasteiger partial charge in [0.1, 0.15) is 5.75 Å². The van der Waals surface area contributed by atoms with Crippen molar-refractivity contribution in [1.82, 2.24) is 9.78 Å². The molecule has 0 N–H and O–H groups in total. The van der Waals surface area contributed by atoms with Gasteiger partial charge in [-0.2, -0.15) is 9.78 Å². The molecule has 134 valence electrons. The molecule has 0 aliphatic heterocycles. The Hall–Kier alpha value is -3.08. The van der Waals surface area contributed by atoms with E-state index in [1.165, 1.54) is 4.68 Å². The Morgan fingerprint density at radius 2 is 1.88 bits per heavy atom. The van der Waals surface area contributed by atoms with Crippen molar-refractivity contribution < 1.29 is 14.3 Å². The molecule has 0 amide bonds. The second kappa shape index (κ2) is 7.87. The van der Waals surface area contributed by atoms with Gasteiger partial charge in [0.25, 0.3) is 0 Å². The SMILES string of the molecule is CCOC(=O)n1nc(-c2cccc(OC)c2)cc1-c1ccccc1CC. The highest BCUT2D eigenvalue weighted by atomic mass is 16.6. The van der Waals surface area contributed by atoms with Gasteiger partial charge in [-0.25, -0.2) is 4.79 Å². The highest BCUT2D eigenvalue weighted by Crippen LogP contribution is 2.30. The summed E-state index contributed by atoms with van der Waals surface area (Å²) in [5, 5.41) is 4.51. The van der Waals surface area contributed by atoms with E-state index < -0.39 is 6.09 Å². The van der Waals surface area contributed by atoms with Gasteiger partial charge in [-0.1, -0.05) is 43.3 Å². The summed E-state index contributed by atoms with van der Waals surface area (Å²) < 4.78 is 11.8. The number of ether oxygens (including phenoxy) is 2. The lowest BCUT2D eigenvalue weighted by Crippen LogP contribution is -2.16. The van der Waals surface area contributed by atoms with E-state index in [9.17, 15) is 4.79 Å². The van der Waals surface area contributed by atoms with Gasteiger partial charge in [-0.05, 0) is 37.1 Å². The summed E-state index contributed by atoms with van der Waals surface area (Å²) >= 11 is 0. The van der Waals surface area contributed by atoms with Gasteiger partial charge in [-0.3, -0.25) is 0 Å². The van der Waals surface area contributed by atoms with E-state index >= 15 is 0 Å². The van der Waals surface area contributed by atoms with Gasteiger partial charge in [0.05, 0.1) is 25.1 Å². The molecule has 2 aromatic carbocycles. The van der Waals surface area contributed by atoms with Gasteiger partial charge in [0, 0.05) is 11.1 Å². The van der Waals surface area contributed by atoms with Crippen molar-refractivity contribution in [1.29, 1.82) is 0 Å². The molecule has 0 atom stereocenters. The molecular formula is C21H22N2O3. The molecule has 0 bridgehead atoms. The maximum Gasteiger partial charge on any atom is 0.435 e. The number of aromatic nitrogens is 2. The monoisotopic (exact) mass is 350 g/mol. The molecule has 1 aromatic heterocycles. The van der Waals surface area contributed by atoms with Crippen LogP contribution in [0.25, 0.3) is 22.5 Å². The number of hydrogen-bond acceptors (Lipinski definition) is 4. The van der Waals surface area contributed by atoms with Crippen LogP contribution < -0.4 is 4.74 Å². The minimum absolute atomic E-state index is 0.294. The predicted molar refractivity (Wildman–Crippen MR) is 101 cm³/mol. The second-order valence-electron chi connectivity index (χ2n) is 5.77. The van der Waals surface area contributed by atoms with Gasteiger partial charge < -0.3 is 9.47 Å². The molecule has 0 aliphatic carbocycles. The number of nitrogens with zero attached hydrogens (tertiary/aromatic N) is 2. The zero-order valence-electron chi connectivity index (χ0n) is 15.2. The Kier molecular flexibility index (Phi) is 5.37. The third-order valence-electron chi connectivity index (χ3n) is 4.19. The average molecular weight is 350 g/mol. The molecule has 0 saturated carbocycles. The Labute approximate surface area is 153 Å². The molecule has 0 radical (unpaired) electrons. The van der Waals surface area contributed by atoms with Crippen molar-refractivity contribution in [2.24, 2.45) is 0 Å². The highest BCUT2D eigenvalue weighted by molar-refractivity contribution is 5.81. The molecule has 3 aromatic rings. The van der Waals surface area contributed by atoms with Crippen molar-refractivity contribution in [3.05, 3.63) is 60.2 Å². The first-order valence-electron chi connectivity index (χ1n) is 8.67. The van der Waals surface area contributed by atoms with E-state index in [0.717, 1.165) is 34.6 Å². The third kappa shape index (κ3) is 3.47. The molecule has 1 heterocycles. The number of aryl methyl sites for hydroxylation is 1. The van der Waals surface area contributed by atoms with Crippen LogP contribution in [0, 0.1) is 0 Å². The smallest absolute Gasteiger partial charge is 0.435 e. The van der Waals surface area contributed by atoms with E-state index in [2.05, 4.69) is 18.1 Å². The van der Waals surface area contributed by atoms with Crippen LogP contribution in [0.15, 0.2) is 54.6 Å². The molecule has 0 unspecified atom stereocenters. The topological polar surface area (TPSA) is 53.4 Å². The quantitative estimate of drug-likeness (QED) is 0.664. The Morgan fingerprint density at radius 1 is 1.08 bits per heavy atom. The first kappa shape index (κ1) is 17.7. The minimum Gasteiger partial charge on any atom is -0.497 e. The Morgan fingerprint density at radius 3 is 2.62 bits per heavy atom. The lowest BCUT2D eigenvalue weighted by Gasteiger charge is -2.09. The van der Waals surface area contributed by atoms with E-state index in [4.69, 9.17) is 9.47 Å². The lowest BCUT2D eigenvalue weighted by molar-refractivity contribution is 0.151. The van der Waals surface area contributed by atoms with Crippen LogP contribution in [-0.2, 0) is 11.2 Å². The average Bonchev–Trinajstić information content (AvgIpc) is 3.13. The molecular weight excluding hydrogens is 328 g/mol. The zero-order valence-corrected chi connectivity index (χ0v) is 15.2. The van der Waals surface area contributed by atoms with Crippen molar-refractivity contribution in [3.63, 3.8) is 0 Å². The summed E-state index contributed by atoms with van der Waals surface area (Å²) in [4.78, 5) is 12.5. The molecule has 0 saturated heterocycles. The summed E-state index contributed by atoms with van der Waals surface area (Å²) in [5.74, 6) is 0.740. The maximum atomic E-state index is 12.5. The first-order valence-corrected chi connectivity index (χ1v) is 8.67. The summed E-state index contributed by atoms with van der Waals surface area (Å²) in [6, 6.07) is 17.5. The van der Waals surface area contributed by atoms with E-state index in [1.807, 2.05) is 48.5 Å². The van der Waals surface area contributed by atoms with Gasteiger partial charge in [-0.15, -0.1) is 0 Å². The molecule has 26 heavy (non-hydrogen) atoms. The van der Waals surface area contributed by atoms with Crippen molar-refractivity contribution in [2.75, 3.05) is 13.7 Å². The fourth-order valence-corrected chi connectivity index (χ4v) is 2.90.